The van der Waals surface area contributed by atoms with Gasteiger partial charge in [0.25, 0.3) is 0 Å². The Labute approximate surface area is 265 Å². The van der Waals surface area contributed by atoms with Gasteiger partial charge in [-0.2, -0.15) is 0 Å². The molecule has 0 spiro atoms. The van der Waals surface area contributed by atoms with Crippen molar-refractivity contribution in [3.05, 3.63) is 119 Å². The number of carboxylic acids is 2. The van der Waals surface area contributed by atoms with Crippen LogP contribution in [0.15, 0.2) is 85.5 Å². The number of carbonyl (C=O) groups is 4. The lowest BCUT2D eigenvalue weighted by molar-refractivity contribution is -0.166. The van der Waals surface area contributed by atoms with Gasteiger partial charge in [0.2, 0.25) is 12.2 Å². The van der Waals surface area contributed by atoms with E-state index in [2.05, 4.69) is 11.5 Å². The molecule has 1 heterocycles. The number of nitrogens with two attached hydrogens (primary N) is 1. The van der Waals surface area contributed by atoms with Crippen molar-refractivity contribution in [3.8, 4) is 0 Å². The summed E-state index contributed by atoms with van der Waals surface area (Å²) in [6, 6.07) is 18.6. The highest BCUT2D eigenvalue weighted by Gasteiger charge is 2.45. The molecule has 1 aliphatic heterocycles. The minimum atomic E-state index is -2.22. The van der Waals surface area contributed by atoms with Crippen LogP contribution in [0.1, 0.15) is 37.4 Å². The fourth-order valence-electron chi connectivity index (χ4n) is 4.95. The Bertz CT molecular complexity index is 1470. The average Bonchev–Trinajstić information content (AvgIpc) is 3.35. The van der Waals surface area contributed by atoms with Gasteiger partial charge < -0.3 is 30.5 Å². The van der Waals surface area contributed by atoms with Crippen LogP contribution >= 0.6 is 0 Å². The van der Waals surface area contributed by atoms with Crippen LogP contribution in [0.3, 0.4) is 0 Å². The smallest absolute Gasteiger partial charge is 0.349 e. The van der Waals surface area contributed by atoms with Crippen molar-refractivity contribution < 1.29 is 48.4 Å². The van der Waals surface area contributed by atoms with Crippen LogP contribution in [-0.2, 0) is 24.6 Å². The van der Waals surface area contributed by atoms with E-state index in [-0.39, 0.29) is 29.5 Å². The number of rotatable bonds is 11. The van der Waals surface area contributed by atoms with Crippen LogP contribution in [-0.4, -0.2) is 82.5 Å². The topological polar surface area (TPSA) is 177 Å². The average molecular weight is 637 g/mol. The fraction of sp³-hybridized carbons (Fsp3) is 0.294. The number of hydrogen-bond donors (Lipinski definition) is 4. The van der Waals surface area contributed by atoms with Crippen molar-refractivity contribution in [2.45, 2.75) is 31.6 Å². The lowest BCUT2D eigenvalue weighted by Gasteiger charge is -2.30. The summed E-state index contributed by atoms with van der Waals surface area (Å²) >= 11 is 0. The maximum Gasteiger partial charge on any atom is 0.349 e. The summed E-state index contributed by atoms with van der Waals surface area (Å²) in [6.07, 6.45) is -2.65. The summed E-state index contributed by atoms with van der Waals surface area (Å²) in [6.45, 7) is 9.13. The van der Waals surface area contributed by atoms with E-state index in [0.717, 1.165) is 11.1 Å². The number of halogens is 1. The molecule has 4 atom stereocenters. The Morgan fingerprint density at radius 1 is 0.913 bits per heavy atom. The number of benzene rings is 3. The maximum atomic E-state index is 13.9. The van der Waals surface area contributed by atoms with Gasteiger partial charge in [0.05, 0.1) is 16.7 Å². The van der Waals surface area contributed by atoms with Crippen LogP contribution in [0.25, 0.3) is 0 Å². The van der Waals surface area contributed by atoms with Crippen molar-refractivity contribution in [2.75, 3.05) is 26.2 Å². The highest BCUT2D eigenvalue weighted by atomic mass is 19.1. The number of esters is 2. The first kappa shape index (κ1) is 35.6. The molecule has 0 saturated carbocycles. The third-order valence-electron chi connectivity index (χ3n) is 7.48. The van der Waals surface area contributed by atoms with Crippen molar-refractivity contribution in [3.63, 3.8) is 0 Å². The molecular formula is C34H37FN2O9. The predicted molar refractivity (Wildman–Crippen MR) is 166 cm³/mol. The molecule has 1 fully saturated rings. The number of carboxylic acid groups (broad SMARTS) is 2. The molecule has 12 heteroatoms. The Kier molecular flexibility index (Phi) is 12.3. The van der Waals surface area contributed by atoms with Crippen LogP contribution in [0.4, 0.5) is 4.39 Å². The van der Waals surface area contributed by atoms with E-state index in [4.69, 9.17) is 15.2 Å². The zero-order valence-corrected chi connectivity index (χ0v) is 25.5. The standard InChI is InChI=1S/C20H18O8.C14H19FN2O/c1-11-3-7-13(8-4-11)19(25)27-15(17(21)22)16(18(23)24)28-20(26)14-9-5-12(2)6-10-14;1-2-7-17-8-11(9-18)14(16,10-17)12-5-3-4-6-13(12)15/h3-10,15-16H,1-2H3,(H,21,22)(H,23,24);2-6,11,18H,1,7-10,16H2/t;11-,14-/m.0/s1. The van der Waals surface area contributed by atoms with Crippen LogP contribution < -0.4 is 5.73 Å². The normalized spacial score (nSPS) is 18.8. The van der Waals surface area contributed by atoms with E-state index in [0.29, 0.717) is 25.2 Å². The molecule has 5 N–H and O–H groups in total. The summed E-state index contributed by atoms with van der Waals surface area (Å²) in [4.78, 5) is 49.4. The minimum absolute atomic E-state index is 0.0332. The summed E-state index contributed by atoms with van der Waals surface area (Å²) in [5, 5.41) is 28.1. The first-order valence-electron chi connectivity index (χ1n) is 14.3. The molecular weight excluding hydrogens is 599 g/mol. The number of aryl methyl sites for hydroxylation is 2. The summed E-state index contributed by atoms with van der Waals surface area (Å²) < 4.78 is 23.6. The van der Waals surface area contributed by atoms with Gasteiger partial charge in [0.1, 0.15) is 5.82 Å². The van der Waals surface area contributed by atoms with Gasteiger partial charge in [-0.15, -0.1) is 6.58 Å². The van der Waals surface area contributed by atoms with Crippen molar-refractivity contribution in [2.24, 2.45) is 11.7 Å². The molecule has 0 radical (unpaired) electrons. The molecule has 0 aliphatic carbocycles. The first-order chi connectivity index (χ1) is 21.8. The second-order valence-electron chi connectivity index (χ2n) is 10.9. The van der Waals surface area contributed by atoms with E-state index >= 15 is 0 Å². The molecule has 0 aromatic heterocycles. The van der Waals surface area contributed by atoms with Gasteiger partial charge in [0, 0.05) is 37.7 Å². The van der Waals surface area contributed by atoms with E-state index in [9.17, 15) is 38.9 Å². The Balaban J connectivity index is 0.000000275. The van der Waals surface area contributed by atoms with Crippen LogP contribution in [0.5, 0.6) is 0 Å². The van der Waals surface area contributed by atoms with Gasteiger partial charge in [0.15, 0.2) is 0 Å². The van der Waals surface area contributed by atoms with Gasteiger partial charge in [-0.1, -0.05) is 59.7 Å². The fourth-order valence-corrected chi connectivity index (χ4v) is 4.95. The second-order valence-corrected chi connectivity index (χ2v) is 10.9. The molecule has 0 amide bonds. The van der Waals surface area contributed by atoms with Crippen molar-refractivity contribution in [1.29, 1.82) is 0 Å². The summed E-state index contributed by atoms with van der Waals surface area (Å²) in [7, 11) is 0. The second kappa shape index (κ2) is 15.9. The molecule has 46 heavy (non-hydrogen) atoms. The molecule has 0 bridgehead atoms. The van der Waals surface area contributed by atoms with E-state index in [1.165, 1.54) is 30.3 Å². The van der Waals surface area contributed by atoms with E-state index in [1.807, 2.05) is 0 Å². The van der Waals surface area contributed by atoms with E-state index in [1.54, 1.807) is 62.4 Å². The van der Waals surface area contributed by atoms with Crippen LogP contribution in [0, 0.1) is 25.6 Å². The van der Waals surface area contributed by atoms with E-state index < -0.39 is 41.6 Å². The van der Waals surface area contributed by atoms with Gasteiger partial charge in [-0.05, 0) is 44.2 Å². The lowest BCUT2D eigenvalue weighted by atomic mass is 9.81. The number of carbonyl (C=O) groups excluding carboxylic acids is 2. The summed E-state index contributed by atoms with van der Waals surface area (Å²) in [5.74, 6) is -6.09. The molecule has 244 valence electrons. The van der Waals surface area contributed by atoms with Gasteiger partial charge in [-0.25, -0.2) is 23.6 Å². The third kappa shape index (κ3) is 8.84. The quantitative estimate of drug-likeness (QED) is 0.179. The molecule has 4 rings (SSSR count). The molecule has 11 nitrogen and oxygen atoms in total. The van der Waals surface area contributed by atoms with Crippen LogP contribution in [0.2, 0.25) is 0 Å². The number of aliphatic hydroxyl groups is 1. The Hall–Kier alpha value is -4.91. The molecule has 3 aromatic rings. The number of hydrogen-bond acceptors (Lipinski definition) is 9. The Morgan fingerprint density at radius 2 is 1.37 bits per heavy atom. The van der Waals surface area contributed by atoms with Gasteiger partial charge in [-0.3, -0.25) is 4.90 Å². The summed E-state index contributed by atoms with van der Waals surface area (Å²) in [5.41, 5.74) is 7.82. The number of ether oxygens (including phenoxy) is 2. The van der Waals surface area contributed by atoms with Crippen molar-refractivity contribution in [1.82, 2.24) is 4.90 Å². The number of aliphatic hydroxyl groups excluding tert-OH is 1. The zero-order valence-electron chi connectivity index (χ0n) is 25.5. The monoisotopic (exact) mass is 636 g/mol. The number of nitrogens with zero attached hydrogens (tertiary/aromatic N) is 1. The van der Waals surface area contributed by atoms with Crippen molar-refractivity contribution >= 4 is 23.9 Å². The minimum Gasteiger partial charge on any atom is -0.478 e. The third-order valence-corrected chi connectivity index (χ3v) is 7.48. The predicted octanol–water partition coefficient (Wildman–Crippen LogP) is 3.31. The maximum absolute atomic E-state index is 13.9. The zero-order chi connectivity index (χ0) is 34.0. The highest BCUT2D eigenvalue weighted by Crippen LogP contribution is 2.35. The lowest BCUT2D eigenvalue weighted by Crippen LogP contribution is -2.46. The largest absolute Gasteiger partial charge is 0.478 e. The molecule has 1 aliphatic rings. The highest BCUT2D eigenvalue weighted by molar-refractivity contribution is 5.95. The molecule has 2 unspecified atom stereocenters. The molecule has 1 saturated heterocycles. The Morgan fingerprint density at radius 3 is 1.76 bits per heavy atom. The molecule has 3 aromatic carbocycles. The number of aliphatic carboxylic acids is 2. The van der Waals surface area contributed by atoms with Gasteiger partial charge >= 0.3 is 23.9 Å². The first-order valence-corrected chi connectivity index (χ1v) is 14.3. The number of likely N-dealkylation sites (tertiary alicyclic amines) is 1. The SMILES string of the molecule is C=CCN1C[C@@H](CO)[C@](N)(c2ccccc2F)C1.Cc1ccc(C(=O)OC(C(=O)O)C(OC(=O)c2ccc(C)cc2)C(=O)O)cc1.